The molecule has 0 bridgehead atoms. The minimum absolute atomic E-state index is 0.00961. The maximum atomic E-state index is 13.5. The first-order valence-electron chi connectivity index (χ1n) is 19.9. The molecule has 0 fully saturated rings. The lowest BCUT2D eigenvalue weighted by atomic mass is 10.1. The number of Topliss-reactive ketones (excluding diaryl/α,β-unsaturated/α-hetero) is 2. The molecule has 4 amide bonds. The van der Waals surface area contributed by atoms with E-state index in [1.165, 1.54) is 68.8 Å². The van der Waals surface area contributed by atoms with E-state index in [0.29, 0.717) is 28.4 Å². The normalized spacial score (nSPS) is 12.0. The number of azo groups is 2. The average Bonchev–Trinajstić information content (AvgIpc) is 3.30. The van der Waals surface area contributed by atoms with Crippen LogP contribution >= 0.6 is 58.0 Å². The summed E-state index contributed by atoms with van der Waals surface area (Å²) in [6.07, 6.45) is 0.199. The van der Waals surface area contributed by atoms with Gasteiger partial charge in [0.1, 0.15) is 22.9 Å². The second-order valence-corrected chi connectivity index (χ2v) is 15.9. The quantitative estimate of drug-likeness (QED) is 0.0333. The monoisotopic (exact) mass is 1010 g/mol. The van der Waals surface area contributed by atoms with Crippen LogP contribution in [0.25, 0.3) is 0 Å². The van der Waals surface area contributed by atoms with Gasteiger partial charge in [-0.1, -0.05) is 47.5 Å². The number of halogens is 5. The summed E-state index contributed by atoms with van der Waals surface area (Å²) in [6.45, 7) is 2.31. The number of amides is 4. The SMILES string of the molecule is COc1cc(CCl)ccc1NC(=O)c1cccc(N=NC(C(C)=O)C(=O)Nc2ccc(NC(=O)C(N=Nc3cccc(C(=O)Nc4ccc(CCl)cc4OC)c3Cl)C(C)=O)c(CCCl)c2)c1Cl. The molecular weight excluding hydrogens is 970 g/mol. The van der Waals surface area contributed by atoms with Gasteiger partial charge in [0.15, 0.2) is 11.6 Å². The summed E-state index contributed by atoms with van der Waals surface area (Å²) in [7, 11) is 2.90. The molecule has 348 valence electrons. The first kappa shape index (κ1) is 51.6. The van der Waals surface area contributed by atoms with Gasteiger partial charge in [0, 0.05) is 29.0 Å². The number of carbonyl (C=O) groups excluding carboxylic acids is 6. The predicted molar refractivity (Wildman–Crippen MR) is 260 cm³/mol. The first-order chi connectivity index (χ1) is 32.1. The van der Waals surface area contributed by atoms with Crippen LogP contribution in [0.15, 0.2) is 111 Å². The van der Waals surface area contributed by atoms with Crippen molar-refractivity contribution in [1.82, 2.24) is 0 Å². The number of ether oxygens (including phenoxy) is 2. The van der Waals surface area contributed by atoms with Crippen molar-refractivity contribution in [3.63, 3.8) is 0 Å². The highest BCUT2D eigenvalue weighted by molar-refractivity contribution is 6.37. The van der Waals surface area contributed by atoms with E-state index in [-0.39, 0.29) is 68.0 Å². The molecule has 5 rings (SSSR count). The molecule has 0 aromatic heterocycles. The fraction of sp³-hybridized carbons (Fsp3) is 0.217. The van der Waals surface area contributed by atoms with Crippen molar-refractivity contribution in [1.29, 1.82) is 0 Å². The minimum atomic E-state index is -1.64. The van der Waals surface area contributed by atoms with Crippen LogP contribution in [0.2, 0.25) is 10.0 Å². The molecule has 5 aromatic carbocycles. The highest BCUT2D eigenvalue weighted by Crippen LogP contribution is 2.34. The van der Waals surface area contributed by atoms with E-state index >= 15 is 0 Å². The number of ketones is 2. The Bertz CT molecular complexity index is 2770. The van der Waals surface area contributed by atoms with Crippen LogP contribution in [0.3, 0.4) is 0 Å². The molecule has 0 spiro atoms. The van der Waals surface area contributed by atoms with Crippen LogP contribution in [0, 0.1) is 0 Å². The summed E-state index contributed by atoms with van der Waals surface area (Å²) in [5.41, 5.74) is 3.28. The number of carbonyl (C=O) groups is 6. The van der Waals surface area contributed by atoms with Gasteiger partial charge in [-0.05, 0) is 104 Å². The summed E-state index contributed by atoms with van der Waals surface area (Å²) in [5, 5.41) is 26.6. The lowest BCUT2D eigenvalue weighted by Crippen LogP contribution is -2.32. The number of benzene rings is 5. The maximum Gasteiger partial charge on any atom is 0.258 e. The lowest BCUT2D eigenvalue weighted by molar-refractivity contribution is -0.127. The molecule has 0 aliphatic carbocycles. The van der Waals surface area contributed by atoms with Crippen LogP contribution < -0.4 is 30.7 Å². The Morgan fingerprint density at radius 2 is 1.01 bits per heavy atom. The van der Waals surface area contributed by atoms with E-state index in [9.17, 15) is 28.8 Å². The third-order valence-electron chi connectivity index (χ3n) is 9.61. The molecule has 0 aliphatic heterocycles. The van der Waals surface area contributed by atoms with E-state index in [0.717, 1.165) is 25.0 Å². The number of anilines is 4. The van der Waals surface area contributed by atoms with Crippen LogP contribution in [0.5, 0.6) is 11.5 Å². The molecule has 21 heteroatoms. The van der Waals surface area contributed by atoms with E-state index in [2.05, 4.69) is 41.7 Å². The predicted octanol–water partition coefficient (Wildman–Crippen LogP) is 11.1. The average molecular weight is 1010 g/mol. The van der Waals surface area contributed by atoms with Crippen molar-refractivity contribution < 1.29 is 38.2 Å². The molecular formula is C46H41Cl5N8O8. The Labute approximate surface area is 409 Å². The first-order valence-corrected chi connectivity index (χ1v) is 22.3. The van der Waals surface area contributed by atoms with Gasteiger partial charge in [-0.2, -0.15) is 20.5 Å². The number of alkyl halides is 3. The van der Waals surface area contributed by atoms with Gasteiger partial charge in [0.25, 0.3) is 23.6 Å². The fourth-order valence-corrected chi connectivity index (χ4v) is 7.19. The highest BCUT2D eigenvalue weighted by Gasteiger charge is 2.27. The molecule has 0 aliphatic rings. The number of hydrogen-bond donors (Lipinski definition) is 4. The molecule has 2 unspecified atom stereocenters. The van der Waals surface area contributed by atoms with Gasteiger partial charge in [0.05, 0.1) is 46.8 Å². The van der Waals surface area contributed by atoms with Crippen LogP contribution in [0.4, 0.5) is 34.1 Å². The van der Waals surface area contributed by atoms with Crippen LogP contribution in [-0.4, -0.2) is 67.4 Å². The number of methoxy groups -OCH3 is 2. The van der Waals surface area contributed by atoms with Gasteiger partial charge in [0.2, 0.25) is 12.1 Å². The fourth-order valence-electron chi connectivity index (χ4n) is 6.16. The smallest absolute Gasteiger partial charge is 0.258 e. The number of nitrogens with zero attached hydrogens (tertiary/aromatic N) is 4. The standard InChI is InChI=1S/C46H41Cl5N8O8/c1-24(60)41(58-56-35-9-5-7-30(39(35)50)43(62)54-33-14-11-26(22-48)19-37(33)66-3)45(64)52-29-13-16-32(28(21-29)17-18-47)53-46(65)42(25(2)61)59-57-36-10-6-8-31(40(36)51)44(63)55-34-15-12-27(23-49)20-38(34)67-4/h5-16,19-21,41-42H,17-18,22-23H2,1-4H3,(H,52,64)(H,53,65)(H,54,62)(H,55,63). The Morgan fingerprint density at radius 1 is 0.567 bits per heavy atom. The molecule has 0 saturated carbocycles. The minimum Gasteiger partial charge on any atom is -0.495 e. The lowest BCUT2D eigenvalue weighted by Gasteiger charge is -2.16. The third kappa shape index (κ3) is 13.4. The number of aryl methyl sites for hydroxylation is 1. The van der Waals surface area contributed by atoms with E-state index in [1.54, 1.807) is 36.4 Å². The van der Waals surface area contributed by atoms with Gasteiger partial charge in [-0.3, -0.25) is 28.8 Å². The zero-order chi connectivity index (χ0) is 48.8. The zero-order valence-corrected chi connectivity index (χ0v) is 39.9. The van der Waals surface area contributed by atoms with Crippen molar-refractivity contribution in [2.45, 2.75) is 44.1 Å². The molecule has 16 nitrogen and oxygen atoms in total. The topological polar surface area (TPSA) is 218 Å². The van der Waals surface area contributed by atoms with E-state index in [1.807, 2.05) is 0 Å². The highest BCUT2D eigenvalue weighted by atomic mass is 35.5. The second-order valence-electron chi connectivity index (χ2n) is 14.3. The van der Waals surface area contributed by atoms with Gasteiger partial charge in [-0.25, -0.2) is 0 Å². The second kappa shape index (κ2) is 24.4. The summed E-state index contributed by atoms with van der Waals surface area (Å²) in [5.74, 6) is -2.83. The number of hydrogen-bond acceptors (Lipinski definition) is 12. The maximum absolute atomic E-state index is 13.5. The van der Waals surface area contributed by atoms with Gasteiger partial charge >= 0.3 is 0 Å². The Balaban J connectivity index is 1.28. The third-order valence-corrected chi connectivity index (χ3v) is 11.2. The summed E-state index contributed by atoms with van der Waals surface area (Å²) in [4.78, 5) is 78.8. The van der Waals surface area contributed by atoms with Crippen LogP contribution in [0.1, 0.15) is 51.3 Å². The number of nitrogens with one attached hydrogen (secondary N) is 4. The number of rotatable bonds is 20. The van der Waals surface area contributed by atoms with Crippen LogP contribution in [-0.2, 0) is 37.4 Å². The van der Waals surface area contributed by atoms with Crippen molar-refractivity contribution in [3.8, 4) is 11.5 Å². The van der Waals surface area contributed by atoms with Crippen molar-refractivity contribution >= 4 is 127 Å². The molecule has 0 heterocycles. The summed E-state index contributed by atoms with van der Waals surface area (Å²) >= 11 is 31.1. The zero-order valence-electron chi connectivity index (χ0n) is 36.1. The molecule has 2 atom stereocenters. The van der Waals surface area contributed by atoms with Gasteiger partial charge in [-0.15, -0.1) is 34.8 Å². The Kier molecular flexibility index (Phi) is 18.8. The molecule has 0 radical (unpaired) electrons. The van der Waals surface area contributed by atoms with E-state index < -0.39 is 47.3 Å². The summed E-state index contributed by atoms with van der Waals surface area (Å²) in [6, 6.07) is 20.1. The largest absolute Gasteiger partial charge is 0.495 e. The Hall–Kier alpha value is -6.43. The van der Waals surface area contributed by atoms with Crippen molar-refractivity contribution in [3.05, 3.63) is 129 Å². The van der Waals surface area contributed by atoms with Crippen molar-refractivity contribution in [2.75, 3.05) is 41.4 Å². The van der Waals surface area contributed by atoms with Gasteiger partial charge < -0.3 is 30.7 Å². The van der Waals surface area contributed by atoms with E-state index in [4.69, 9.17) is 67.5 Å². The Morgan fingerprint density at radius 3 is 1.43 bits per heavy atom. The molecule has 5 aromatic rings. The summed E-state index contributed by atoms with van der Waals surface area (Å²) < 4.78 is 10.7. The molecule has 0 saturated heterocycles. The molecule has 4 N–H and O–H groups in total. The van der Waals surface area contributed by atoms with Crippen molar-refractivity contribution in [2.24, 2.45) is 20.5 Å². The molecule has 67 heavy (non-hydrogen) atoms.